The molecule has 0 aromatic heterocycles. The van der Waals surface area contributed by atoms with E-state index in [9.17, 15) is 9.90 Å². The molecule has 0 radical (unpaired) electrons. The first-order valence-electron chi connectivity index (χ1n) is 5.79. The van der Waals surface area contributed by atoms with Crippen molar-refractivity contribution in [1.29, 1.82) is 0 Å². The van der Waals surface area contributed by atoms with Crippen molar-refractivity contribution in [1.82, 2.24) is 10.2 Å². The van der Waals surface area contributed by atoms with E-state index < -0.39 is 0 Å². The Morgan fingerprint density at radius 2 is 2.26 bits per heavy atom. The Balaban J connectivity index is 2.31. The zero-order valence-electron chi connectivity index (χ0n) is 10.6. The molecule has 1 fully saturated rings. The van der Waals surface area contributed by atoms with Gasteiger partial charge in [0.1, 0.15) is 5.70 Å². The minimum Gasteiger partial charge on any atom is -0.504 e. The highest BCUT2D eigenvalue weighted by molar-refractivity contribution is 7.80. The molecule has 1 amide bonds. The lowest BCUT2D eigenvalue weighted by atomic mass is 10.1. The Labute approximate surface area is 116 Å². The highest BCUT2D eigenvalue weighted by Gasteiger charge is 2.26. The summed E-state index contributed by atoms with van der Waals surface area (Å²) in [5.74, 6) is 0.275. The van der Waals surface area contributed by atoms with Gasteiger partial charge in [0.25, 0.3) is 5.91 Å². The van der Waals surface area contributed by atoms with Gasteiger partial charge in [-0.1, -0.05) is 6.07 Å². The number of hydrogen-bond donors (Lipinski definition) is 2. The first-order valence-corrected chi connectivity index (χ1v) is 6.20. The summed E-state index contributed by atoms with van der Waals surface area (Å²) in [7, 11) is 1.61. The molecule has 1 saturated heterocycles. The van der Waals surface area contributed by atoms with Crippen molar-refractivity contribution in [2.75, 3.05) is 13.7 Å². The molecule has 0 aliphatic carbocycles. The first kappa shape index (κ1) is 13.4. The van der Waals surface area contributed by atoms with Gasteiger partial charge in [0.2, 0.25) is 0 Å². The number of carbonyl (C=O) groups is 1. The molecular formula is C13H14N2O3S. The number of thiocarbonyl (C=S) groups is 1. The van der Waals surface area contributed by atoms with Crippen LogP contribution >= 0.6 is 12.2 Å². The third-order valence-corrected chi connectivity index (χ3v) is 3.05. The van der Waals surface area contributed by atoms with Gasteiger partial charge in [0.05, 0.1) is 6.61 Å². The molecular weight excluding hydrogens is 264 g/mol. The largest absolute Gasteiger partial charge is 0.504 e. The van der Waals surface area contributed by atoms with Crippen molar-refractivity contribution in [2.45, 2.75) is 6.92 Å². The minimum atomic E-state index is -0.184. The van der Waals surface area contributed by atoms with Gasteiger partial charge in [0.15, 0.2) is 16.6 Å². The lowest BCUT2D eigenvalue weighted by Gasteiger charge is -2.06. The van der Waals surface area contributed by atoms with Crippen molar-refractivity contribution in [3.63, 3.8) is 0 Å². The quantitative estimate of drug-likeness (QED) is 0.648. The number of aromatic hydroxyl groups is 1. The Morgan fingerprint density at radius 3 is 2.84 bits per heavy atom. The number of phenolic OH excluding ortho intramolecular Hbond substituents is 1. The van der Waals surface area contributed by atoms with Crippen LogP contribution < -0.4 is 10.1 Å². The second kappa shape index (κ2) is 5.27. The molecule has 2 N–H and O–H groups in total. The number of rotatable bonds is 3. The molecule has 2 rings (SSSR count). The predicted octanol–water partition coefficient (Wildman–Crippen LogP) is 1.48. The molecule has 19 heavy (non-hydrogen) atoms. The molecule has 1 aliphatic rings. The van der Waals surface area contributed by atoms with Gasteiger partial charge in [0, 0.05) is 7.05 Å². The second-order valence-electron chi connectivity index (χ2n) is 4.01. The van der Waals surface area contributed by atoms with Crippen LogP contribution in [0.1, 0.15) is 12.5 Å². The smallest absolute Gasteiger partial charge is 0.276 e. The number of ether oxygens (including phenoxy) is 1. The number of nitrogens with zero attached hydrogens (tertiary/aromatic N) is 1. The van der Waals surface area contributed by atoms with Crippen molar-refractivity contribution in [3.8, 4) is 11.5 Å². The third kappa shape index (κ3) is 2.68. The number of carbonyl (C=O) groups excluding carboxylic acids is 1. The minimum absolute atomic E-state index is 0.0716. The van der Waals surface area contributed by atoms with Gasteiger partial charge >= 0.3 is 0 Å². The SMILES string of the molecule is CCOc1cc(C=C2NC(=S)N(C)C2=O)ccc1O. The predicted molar refractivity (Wildman–Crippen MR) is 75.8 cm³/mol. The fourth-order valence-electron chi connectivity index (χ4n) is 1.68. The van der Waals surface area contributed by atoms with Gasteiger partial charge in [-0.3, -0.25) is 9.69 Å². The summed E-state index contributed by atoms with van der Waals surface area (Å²) >= 11 is 4.99. The highest BCUT2D eigenvalue weighted by Crippen LogP contribution is 2.28. The van der Waals surface area contributed by atoms with E-state index in [0.29, 0.717) is 23.2 Å². The normalized spacial score (nSPS) is 16.9. The van der Waals surface area contributed by atoms with E-state index >= 15 is 0 Å². The summed E-state index contributed by atoms with van der Waals surface area (Å²) in [5.41, 5.74) is 1.15. The van der Waals surface area contributed by atoms with E-state index in [1.54, 1.807) is 25.3 Å². The van der Waals surface area contributed by atoms with Crippen LogP contribution in [0.3, 0.4) is 0 Å². The lowest BCUT2D eigenvalue weighted by molar-refractivity contribution is -0.121. The second-order valence-corrected chi connectivity index (χ2v) is 4.40. The highest BCUT2D eigenvalue weighted by atomic mass is 32.1. The Kier molecular flexibility index (Phi) is 3.71. The number of likely N-dealkylation sites (N-methyl/N-ethyl adjacent to an activating group) is 1. The number of phenols is 1. The van der Waals surface area contributed by atoms with E-state index in [0.717, 1.165) is 5.56 Å². The van der Waals surface area contributed by atoms with Gasteiger partial charge in [-0.05, 0) is 42.9 Å². The van der Waals surface area contributed by atoms with Crippen LogP contribution in [-0.4, -0.2) is 34.7 Å². The summed E-state index contributed by atoms with van der Waals surface area (Å²) < 4.78 is 5.29. The van der Waals surface area contributed by atoms with Gasteiger partial charge in [-0.15, -0.1) is 0 Å². The van der Waals surface area contributed by atoms with Crippen LogP contribution in [0.4, 0.5) is 0 Å². The fourth-order valence-corrected chi connectivity index (χ4v) is 1.87. The maximum Gasteiger partial charge on any atom is 0.276 e. The van der Waals surface area contributed by atoms with Crippen molar-refractivity contribution in [3.05, 3.63) is 29.5 Å². The molecule has 5 nitrogen and oxygen atoms in total. The summed E-state index contributed by atoms with van der Waals surface area (Å²) in [6.07, 6.45) is 1.67. The first-order chi connectivity index (χ1) is 9.02. The van der Waals surface area contributed by atoms with Crippen LogP contribution in [0.15, 0.2) is 23.9 Å². The summed E-state index contributed by atoms with van der Waals surface area (Å²) in [4.78, 5) is 13.2. The van der Waals surface area contributed by atoms with E-state index in [1.165, 1.54) is 11.0 Å². The van der Waals surface area contributed by atoms with Gasteiger partial charge in [-0.2, -0.15) is 0 Å². The lowest BCUT2D eigenvalue weighted by Crippen LogP contribution is -2.25. The molecule has 0 spiro atoms. The zero-order chi connectivity index (χ0) is 14.0. The molecule has 0 bridgehead atoms. The molecule has 0 saturated carbocycles. The summed E-state index contributed by atoms with van der Waals surface area (Å²) in [5, 5.41) is 12.8. The van der Waals surface area contributed by atoms with Gasteiger partial charge < -0.3 is 15.2 Å². The maximum atomic E-state index is 11.8. The van der Waals surface area contributed by atoms with E-state index in [-0.39, 0.29) is 11.7 Å². The van der Waals surface area contributed by atoms with Crippen molar-refractivity contribution < 1.29 is 14.6 Å². The van der Waals surface area contributed by atoms with Crippen LogP contribution in [0.25, 0.3) is 6.08 Å². The number of amides is 1. The summed E-state index contributed by atoms with van der Waals surface area (Å²) in [6.45, 7) is 2.29. The Bertz CT molecular complexity index is 569. The van der Waals surface area contributed by atoms with Crippen LogP contribution in [0.5, 0.6) is 11.5 Å². The van der Waals surface area contributed by atoms with E-state index in [4.69, 9.17) is 17.0 Å². The number of hydrogen-bond acceptors (Lipinski definition) is 4. The number of benzene rings is 1. The van der Waals surface area contributed by atoms with Crippen LogP contribution in [0, 0.1) is 0 Å². The fraction of sp³-hybridized carbons (Fsp3) is 0.231. The molecule has 1 aliphatic heterocycles. The molecule has 100 valence electrons. The molecule has 6 heteroatoms. The molecule has 1 aromatic rings. The molecule has 0 unspecified atom stereocenters. The average Bonchev–Trinajstić information content (AvgIpc) is 2.62. The molecule has 0 atom stereocenters. The Hall–Kier alpha value is -2.08. The van der Waals surface area contributed by atoms with Gasteiger partial charge in [-0.25, -0.2) is 0 Å². The topological polar surface area (TPSA) is 61.8 Å². The number of nitrogens with one attached hydrogen (secondary N) is 1. The average molecular weight is 278 g/mol. The van der Waals surface area contributed by atoms with E-state index in [2.05, 4.69) is 5.32 Å². The van der Waals surface area contributed by atoms with Crippen LogP contribution in [-0.2, 0) is 4.79 Å². The van der Waals surface area contributed by atoms with Crippen molar-refractivity contribution >= 4 is 29.3 Å². The maximum absolute atomic E-state index is 11.8. The standard InChI is InChI=1S/C13H14N2O3S/c1-3-18-11-7-8(4-5-10(11)16)6-9-12(17)15(2)13(19)14-9/h4-7,16H,3H2,1-2H3,(H,14,19). The molecule has 1 heterocycles. The van der Waals surface area contributed by atoms with Crippen molar-refractivity contribution in [2.24, 2.45) is 0 Å². The van der Waals surface area contributed by atoms with E-state index in [1.807, 2.05) is 6.92 Å². The molecule has 1 aromatic carbocycles. The Morgan fingerprint density at radius 1 is 1.53 bits per heavy atom. The monoisotopic (exact) mass is 278 g/mol. The van der Waals surface area contributed by atoms with Crippen LogP contribution in [0.2, 0.25) is 0 Å². The third-order valence-electron chi connectivity index (χ3n) is 2.68. The summed E-state index contributed by atoms with van der Waals surface area (Å²) in [6, 6.07) is 4.89. The zero-order valence-corrected chi connectivity index (χ0v) is 11.5.